The summed E-state index contributed by atoms with van der Waals surface area (Å²) in [5, 5.41) is 6.22. The molecule has 0 aromatic heterocycles. The van der Waals surface area contributed by atoms with Crippen LogP contribution < -0.4 is 15.5 Å². The van der Waals surface area contributed by atoms with Crippen LogP contribution in [0.25, 0.3) is 0 Å². The number of hydrogen-bond donors (Lipinski definition) is 2. The molecule has 0 aliphatic carbocycles. The average molecular weight is 391 g/mol. The Bertz CT molecular complexity index is 638. The number of halogens is 1. The molecule has 1 aromatic carbocycles. The first kappa shape index (κ1) is 20.6. The minimum Gasteiger partial charge on any atom is -0.368 e. The van der Waals surface area contributed by atoms with Crippen molar-refractivity contribution in [3.63, 3.8) is 0 Å². The van der Waals surface area contributed by atoms with E-state index in [9.17, 15) is 14.0 Å². The smallest absolute Gasteiger partial charge is 0.224 e. The number of benzene rings is 1. The molecule has 2 heterocycles. The van der Waals surface area contributed by atoms with E-state index in [1.54, 1.807) is 12.1 Å². The van der Waals surface area contributed by atoms with Gasteiger partial charge < -0.3 is 20.4 Å². The van der Waals surface area contributed by atoms with E-state index in [1.807, 2.05) is 4.90 Å². The van der Waals surface area contributed by atoms with E-state index in [0.717, 1.165) is 51.1 Å². The third kappa shape index (κ3) is 6.19. The Morgan fingerprint density at radius 3 is 2.39 bits per heavy atom. The summed E-state index contributed by atoms with van der Waals surface area (Å²) in [7, 11) is 0. The number of amides is 2. The molecule has 154 valence electrons. The third-order valence-corrected chi connectivity index (χ3v) is 5.72. The Hall–Kier alpha value is -2.15. The third-order valence-electron chi connectivity index (χ3n) is 5.72. The molecule has 3 rings (SSSR count). The summed E-state index contributed by atoms with van der Waals surface area (Å²) < 4.78 is 13.0. The second-order valence-corrected chi connectivity index (χ2v) is 7.68. The molecule has 2 aliphatic rings. The number of hydrogen-bond acceptors (Lipinski definition) is 4. The molecule has 0 atom stereocenters. The minimum atomic E-state index is -0.240. The van der Waals surface area contributed by atoms with Gasteiger partial charge in [0, 0.05) is 51.3 Å². The Kier molecular flexibility index (Phi) is 7.65. The molecule has 0 saturated carbocycles. The normalized spacial score (nSPS) is 18.2. The second kappa shape index (κ2) is 10.4. The summed E-state index contributed by atoms with van der Waals surface area (Å²) in [5.74, 6) is 0.534. The van der Waals surface area contributed by atoms with Gasteiger partial charge in [-0.1, -0.05) is 0 Å². The van der Waals surface area contributed by atoms with Crippen molar-refractivity contribution in [1.29, 1.82) is 0 Å². The molecule has 2 amide bonds. The summed E-state index contributed by atoms with van der Waals surface area (Å²) in [6.07, 6.45) is 4.13. The summed E-state index contributed by atoms with van der Waals surface area (Å²) in [6, 6.07) is 6.46. The van der Waals surface area contributed by atoms with Crippen molar-refractivity contribution in [2.75, 3.05) is 50.7 Å². The number of rotatable bonds is 7. The Morgan fingerprint density at radius 2 is 1.71 bits per heavy atom. The molecule has 1 aromatic rings. The zero-order chi connectivity index (χ0) is 19.8. The predicted molar refractivity (Wildman–Crippen MR) is 108 cm³/mol. The van der Waals surface area contributed by atoms with E-state index in [1.165, 1.54) is 12.1 Å². The van der Waals surface area contributed by atoms with Gasteiger partial charge in [-0.3, -0.25) is 9.59 Å². The first-order valence-electron chi connectivity index (χ1n) is 10.4. The highest BCUT2D eigenvalue weighted by Crippen LogP contribution is 2.18. The number of carbonyl (C=O) groups excluding carboxylic acids is 2. The van der Waals surface area contributed by atoms with Gasteiger partial charge in [0.25, 0.3) is 0 Å². The summed E-state index contributed by atoms with van der Waals surface area (Å²) in [6.45, 7) is 5.28. The number of anilines is 1. The topological polar surface area (TPSA) is 64.7 Å². The molecular formula is C21H31FN4O2. The van der Waals surface area contributed by atoms with Gasteiger partial charge >= 0.3 is 0 Å². The van der Waals surface area contributed by atoms with Crippen LogP contribution in [0.3, 0.4) is 0 Å². The molecule has 0 spiro atoms. The van der Waals surface area contributed by atoms with Crippen molar-refractivity contribution in [3.8, 4) is 0 Å². The van der Waals surface area contributed by atoms with Crippen molar-refractivity contribution in [2.24, 2.45) is 5.92 Å². The van der Waals surface area contributed by atoms with Crippen LogP contribution in [0.1, 0.15) is 32.1 Å². The number of nitrogens with one attached hydrogen (secondary N) is 2. The van der Waals surface area contributed by atoms with Gasteiger partial charge in [-0.2, -0.15) is 0 Å². The Morgan fingerprint density at radius 1 is 1.04 bits per heavy atom. The van der Waals surface area contributed by atoms with Gasteiger partial charge in [-0.15, -0.1) is 0 Å². The monoisotopic (exact) mass is 390 g/mol. The highest BCUT2D eigenvalue weighted by molar-refractivity contribution is 5.79. The summed E-state index contributed by atoms with van der Waals surface area (Å²) >= 11 is 0. The number of piperidine rings is 1. The number of carbonyl (C=O) groups is 2. The van der Waals surface area contributed by atoms with Crippen LogP contribution in [0.5, 0.6) is 0 Å². The van der Waals surface area contributed by atoms with Crippen LogP contribution in [-0.4, -0.2) is 62.5 Å². The van der Waals surface area contributed by atoms with Gasteiger partial charge in [0.1, 0.15) is 5.82 Å². The highest BCUT2D eigenvalue weighted by atomic mass is 19.1. The molecule has 0 unspecified atom stereocenters. The van der Waals surface area contributed by atoms with Crippen LogP contribution in [-0.2, 0) is 9.59 Å². The van der Waals surface area contributed by atoms with E-state index in [4.69, 9.17) is 0 Å². The van der Waals surface area contributed by atoms with E-state index >= 15 is 0 Å². The zero-order valence-corrected chi connectivity index (χ0v) is 16.5. The van der Waals surface area contributed by atoms with E-state index in [-0.39, 0.29) is 17.6 Å². The lowest BCUT2D eigenvalue weighted by atomic mass is 9.93. The maximum absolute atomic E-state index is 13.0. The minimum absolute atomic E-state index is 0.0486. The standard InChI is InChI=1S/C21H31FN4O2/c22-18-2-4-19(5-3-18)25-13-15-26(16-14-25)21(28)9-12-24-20(27)6-1-17-7-10-23-11-8-17/h2-5,17,23H,1,6-16H2,(H,24,27). The van der Waals surface area contributed by atoms with Gasteiger partial charge in [-0.25, -0.2) is 4.39 Å². The first-order chi connectivity index (χ1) is 13.6. The highest BCUT2D eigenvalue weighted by Gasteiger charge is 2.21. The first-order valence-corrected chi connectivity index (χ1v) is 10.4. The Balaban J connectivity index is 1.30. The molecule has 2 N–H and O–H groups in total. The fourth-order valence-corrected chi connectivity index (χ4v) is 3.93. The van der Waals surface area contributed by atoms with E-state index < -0.39 is 0 Å². The maximum atomic E-state index is 13.0. The molecule has 0 bridgehead atoms. The van der Waals surface area contributed by atoms with Crippen molar-refractivity contribution in [2.45, 2.75) is 32.1 Å². The van der Waals surface area contributed by atoms with Gasteiger partial charge in [-0.05, 0) is 62.5 Å². The molecule has 28 heavy (non-hydrogen) atoms. The largest absolute Gasteiger partial charge is 0.368 e. The lowest BCUT2D eigenvalue weighted by Gasteiger charge is -2.36. The van der Waals surface area contributed by atoms with Gasteiger partial charge in [0.05, 0.1) is 0 Å². The van der Waals surface area contributed by atoms with Gasteiger partial charge in [0.2, 0.25) is 11.8 Å². The van der Waals surface area contributed by atoms with Crippen molar-refractivity contribution < 1.29 is 14.0 Å². The summed E-state index contributed by atoms with van der Waals surface area (Å²) in [4.78, 5) is 28.4. The van der Waals surface area contributed by atoms with Crippen LogP contribution in [0.15, 0.2) is 24.3 Å². The van der Waals surface area contributed by atoms with Crippen LogP contribution in [0.4, 0.5) is 10.1 Å². The Labute approximate surface area is 166 Å². The average Bonchev–Trinajstić information content (AvgIpc) is 2.73. The van der Waals surface area contributed by atoms with E-state index in [0.29, 0.717) is 38.4 Å². The van der Waals surface area contributed by atoms with Crippen LogP contribution in [0, 0.1) is 11.7 Å². The van der Waals surface area contributed by atoms with Gasteiger partial charge in [0.15, 0.2) is 0 Å². The molecular weight excluding hydrogens is 359 g/mol. The lowest BCUT2D eigenvalue weighted by Crippen LogP contribution is -2.49. The zero-order valence-electron chi connectivity index (χ0n) is 16.5. The van der Waals surface area contributed by atoms with Crippen molar-refractivity contribution in [1.82, 2.24) is 15.5 Å². The molecule has 7 heteroatoms. The van der Waals surface area contributed by atoms with Crippen molar-refractivity contribution in [3.05, 3.63) is 30.1 Å². The molecule has 2 fully saturated rings. The molecule has 0 radical (unpaired) electrons. The number of nitrogens with zero attached hydrogens (tertiary/aromatic N) is 2. The number of piperazine rings is 1. The van der Waals surface area contributed by atoms with Crippen LogP contribution in [0.2, 0.25) is 0 Å². The second-order valence-electron chi connectivity index (χ2n) is 7.68. The maximum Gasteiger partial charge on any atom is 0.224 e. The summed E-state index contributed by atoms with van der Waals surface area (Å²) in [5.41, 5.74) is 0.981. The van der Waals surface area contributed by atoms with E-state index in [2.05, 4.69) is 15.5 Å². The molecule has 2 saturated heterocycles. The SMILES string of the molecule is O=C(CCC1CCNCC1)NCCC(=O)N1CCN(c2ccc(F)cc2)CC1. The fourth-order valence-electron chi connectivity index (χ4n) is 3.93. The van der Waals surface area contributed by atoms with Crippen LogP contribution >= 0.6 is 0 Å². The predicted octanol–water partition coefficient (Wildman–Crippen LogP) is 1.76. The molecule has 6 nitrogen and oxygen atoms in total. The quantitative estimate of drug-likeness (QED) is 0.745. The fraction of sp³-hybridized carbons (Fsp3) is 0.619. The van der Waals surface area contributed by atoms with Crippen molar-refractivity contribution >= 4 is 17.5 Å². The lowest BCUT2D eigenvalue weighted by molar-refractivity contribution is -0.131. The molecule has 2 aliphatic heterocycles.